The smallest absolute Gasteiger partial charge is 0.191 e. The van der Waals surface area contributed by atoms with Crippen LogP contribution in [0.3, 0.4) is 0 Å². The fourth-order valence-corrected chi connectivity index (χ4v) is 3.69. The number of piperazine rings is 1. The van der Waals surface area contributed by atoms with E-state index in [9.17, 15) is 0 Å². The average molecular weight is 419 g/mol. The number of guanidine groups is 1. The van der Waals surface area contributed by atoms with Gasteiger partial charge in [-0.15, -0.1) is 0 Å². The molecule has 2 saturated heterocycles. The molecule has 2 fully saturated rings. The zero-order chi connectivity index (χ0) is 21.0. The van der Waals surface area contributed by atoms with Gasteiger partial charge in [-0.1, -0.05) is 6.07 Å². The maximum Gasteiger partial charge on any atom is 0.191 e. The van der Waals surface area contributed by atoms with E-state index in [1.165, 1.54) is 0 Å². The van der Waals surface area contributed by atoms with Crippen molar-refractivity contribution in [3.05, 3.63) is 23.9 Å². The van der Waals surface area contributed by atoms with Crippen LogP contribution in [0.15, 0.2) is 23.3 Å². The third-order valence-corrected chi connectivity index (χ3v) is 5.77. The van der Waals surface area contributed by atoms with Crippen LogP contribution in [0.25, 0.3) is 0 Å². The van der Waals surface area contributed by atoms with Crippen LogP contribution < -0.4 is 15.5 Å². The van der Waals surface area contributed by atoms with Crippen molar-refractivity contribution < 1.29 is 9.47 Å². The molecule has 1 aromatic heterocycles. The minimum absolute atomic E-state index is 0.664. The molecule has 2 aliphatic heterocycles. The minimum Gasteiger partial charge on any atom is -0.381 e. The number of rotatable bonds is 9. The molecule has 0 unspecified atom stereocenters. The molecular weight excluding hydrogens is 380 g/mol. The Morgan fingerprint density at radius 2 is 2.00 bits per heavy atom. The van der Waals surface area contributed by atoms with Crippen LogP contribution in [0.4, 0.5) is 5.82 Å². The van der Waals surface area contributed by atoms with E-state index < -0.39 is 0 Å². The van der Waals surface area contributed by atoms with Gasteiger partial charge in [-0.2, -0.15) is 0 Å². The lowest BCUT2D eigenvalue weighted by atomic mass is 10.0. The summed E-state index contributed by atoms with van der Waals surface area (Å²) in [7, 11) is 3.96. The highest BCUT2D eigenvalue weighted by molar-refractivity contribution is 5.79. The topological polar surface area (TPSA) is 74.3 Å². The van der Waals surface area contributed by atoms with Gasteiger partial charge in [-0.05, 0) is 43.9 Å². The molecule has 8 heteroatoms. The van der Waals surface area contributed by atoms with Gasteiger partial charge in [0.1, 0.15) is 5.82 Å². The summed E-state index contributed by atoms with van der Waals surface area (Å²) in [5, 5.41) is 6.71. The highest BCUT2D eigenvalue weighted by Crippen LogP contribution is 2.15. The van der Waals surface area contributed by atoms with E-state index in [2.05, 4.69) is 49.6 Å². The minimum atomic E-state index is 0.664. The second-order valence-corrected chi connectivity index (χ2v) is 8.15. The van der Waals surface area contributed by atoms with Crippen molar-refractivity contribution in [2.24, 2.45) is 10.9 Å². The molecule has 0 saturated carbocycles. The van der Waals surface area contributed by atoms with Crippen molar-refractivity contribution in [1.29, 1.82) is 0 Å². The molecule has 1 aromatic rings. The number of aromatic nitrogens is 1. The van der Waals surface area contributed by atoms with E-state index in [-0.39, 0.29) is 0 Å². The molecular formula is C22H38N6O2. The molecule has 2 N–H and O–H groups in total. The van der Waals surface area contributed by atoms with Gasteiger partial charge < -0.3 is 29.9 Å². The Bertz CT molecular complexity index is 625. The Hall–Kier alpha value is -1.90. The van der Waals surface area contributed by atoms with Crippen molar-refractivity contribution in [3.8, 4) is 0 Å². The number of pyridine rings is 1. The number of hydrogen-bond acceptors (Lipinski definition) is 6. The van der Waals surface area contributed by atoms with Gasteiger partial charge in [0.15, 0.2) is 5.96 Å². The number of hydrogen-bond donors (Lipinski definition) is 2. The largest absolute Gasteiger partial charge is 0.381 e. The summed E-state index contributed by atoms with van der Waals surface area (Å²) < 4.78 is 11.2. The Labute approximate surface area is 181 Å². The van der Waals surface area contributed by atoms with Gasteiger partial charge in [0, 0.05) is 78.9 Å². The summed E-state index contributed by atoms with van der Waals surface area (Å²) >= 11 is 0. The predicted octanol–water partition coefficient (Wildman–Crippen LogP) is 1.33. The number of anilines is 1. The fraction of sp³-hybridized carbons (Fsp3) is 0.727. The molecule has 3 heterocycles. The van der Waals surface area contributed by atoms with Gasteiger partial charge in [0.2, 0.25) is 0 Å². The molecule has 0 spiro atoms. The Balaban J connectivity index is 1.28. The summed E-state index contributed by atoms with van der Waals surface area (Å²) in [5.41, 5.74) is 1.15. The standard InChI is InChI=1S/C22H38N6O2/c1-23-22(24-8-3-13-30-18-19-6-14-29-15-7-19)26-17-20-4-5-21(25-16-20)28-11-9-27(2)10-12-28/h4-5,16,19H,3,6-15,17-18H2,1-2H3,(H2,23,24,26). The van der Waals surface area contributed by atoms with Crippen LogP contribution in [-0.2, 0) is 16.0 Å². The molecule has 0 radical (unpaired) electrons. The number of ether oxygens (including phenoxy) is 2. The van der Waals surface area contributed by atoms with Gasteiger partial charge in [0.25, 0.3) is 0 Å². The summed E-state index contributed by atoms with van der Waals surface area (Å²) in [4.78, 5) is 13.6. The van der Waals surface area contributed by atoms with E-state index in [0.29, 0.717) is 12.5 Å². The Kier molecular flexibility index (Phi) is 9.66. The summed E-state index contributed by atoms with van der Waals surface area (Å²) in [6.45, 7) is 9.20. The maximum atomic E-state index is 5.81. The van der Waals surface area contributed by atoms with E-state index in [0.717, 1.165) is 95.8 Å². The fourth-order valence-electron chi connectivity index (χ4n) is 3.69. The van der Waals surface area contributed by atoms with E-state index in [1.807, 2.05) is 6.20 Å². The number of likely N-dealkylation sites (N-methyl/N-ethyl adjacent to an activating group) is 1. The Morgan fingerprint density at radius 1 is 1.20 bits per heavy atom. The van der Waals surface area contributed by atoms with Crippen molar-refractivity contribution in [2.75, 3.05) is 78.1 Å². The molecule has 30 heavy (non-hydrogen) atoms. The van der Waals surface area contributed by atoms with E-state index >= 15 is 0 Å². The molecule has 3 rings (SSSR count). The third kappa shape index (κ3) is 7.74. The van der Waals surface area contributed by atoms with Crippen LogP contribution in [-0.4, -0.2) is 89.1 Å². The first-order chi connectivity index (χ1) is 14.7. The third-order valence-electron chi connectivity index (χ3n) is 5.77. The monoisotopic (exact) mass is 418 g/mol. The quantitative estimate of drug-likeness (QED) is 0.356. The highest BCUT2D eigenvalue weighted by atomic mass is 16.5. The second kappa shape index (κ2) is 12.7. The lowest BCUT2D eigenvalue weighted by Gasteiger charge is -2.33. The zero-order valence-electron chi connectivity index (χ0n) is 18.6. The molecule has 0 bridgehead atoms. The molecule has 0 aliphatic carbocycles. The van der Waals surface area contributed by atoms with Crippen molar-refractivity contribution in [3.63, 3.8) is 0 Å². The van der Waals surface area contributed by atoms with E-state index in [1.54, 1.807) is 7.05 Å². The molecule has 0 amide bonds. The first-order valence-corrected chi connectivity index (χ1v) is 11.2. The first-order valence-electron chi connectivity index (χ1n) is 11.2. The summed E-state index contributed by atoms with van der Waals surface area (Å²) in [6.07, 6.45) is 5.17. The number of aliphatic imine (C=N–C) groups is 1. The van der Waals surface area contributed by atoms with Gasteiger partial charge >= 0.3 is 0 Å². The summed E-state index contributed by atoms with van der Waals surface area (Å²) in [5.74, 6) is 2.54. The van der Waals surface area contributed by atoms with Crippen molar-refractivity contribution in [2.45, 2.75) is 25.8 Å². The molecule has 0 aromatic carbocycles. The van der Waals surface area contributed by atoms with Crippen molar-refractivity contribution >= 4 is 11.8 Å². The van der Waals surface area contributed by atoms with E-state index in [4.69, 9.17) is 9.47 Å². The lowest BCUT2D eigenvalue weighted by Crippen LogP contribution is -2.44. The SMILES string of the molecule is CN=C(NCCCOCC1CCOCC1)NCc1ccc(N2CCN(C)CC2)nc1. The zero-order valence-corrected chi connectivity index (χ0v) is 18.6. The average Bonchev–Trinajstić information content (AvgIpc) is 2.80. The maximum absolute atomic E-state index is 5.81. The van der Waals surface area contributed by atoms with Crippen LogP contribution in [0.2, 0.25) is 0 Å². The van der Waals surface area contributed by atoms with Gasteiger partial charge in [-0.3, -0.25) is 4.99 Å². The van der Waals surface area contributed by atoms with Crippen LogP contribution >= 0.6 is 0 Å². The van der Waals surface area contributed by atoms with Crippen molar-refractivity contribution in [1.82, 2.24) is 20.5 Å². The summed E-state index contributed by atoms with van der Waals surface area (Å²) in [6, 6.07) is 4.26. The van der Waals surface area contributed by atoms with Crippen LogP contribution in [0.1, 0.15) is 24.8 Å². The normalized spacial score (nSPS) is 19.1. The highest BCUT2D eigenvalue weighted by Gasteiger charge is 2.15. The van der Waals surface area contributed by atoms with Gasteiger partial charge in [0.05, 0.1) is 0 Å². The molecule has 8 nitrogen and oxygen atoms in total. The molecule has 2 aliphatic rings. The predicted molar refractivity (Wildman–Crippen MR) is 121 cm³/mol. The first kappa shape index (κ1) is 22.8. The number of nitrogens with one attached hydrogen (secondary N) is 2. The lowest BCUT2D eigenvalue weighted by molar-refractivity contribution is 0.0203. The number of nitrogens with zero attached hydrogens (tertiary/aromatic N) is 4. The van der Waals surface area contributed by atoms with Crippen LogP contribution in [0, 0.1) is 5.92 Å². The molecule has 0 atom stereocenters. The van der Waals surface area contributed by atoms with Gasteiger partial charge in [-0.25, -0.2) is 4.98 Å². The Morgan fingerprint density at radius 3 is 2.70 bits per heavy atom. The van der Waals surface area contributed by atoms with Crippen LogP contribution in [0.5, 0.6) is 0 Å². The molecule has 168 valence electrons. The second-order valence-electron chi connectivity index (χ2n) is 8.15.